The molecule has 0 aromatic carbocycles. The number of rotatable bonds is 3. The van der Waals surface area contributed by atoms with E-state index >= 15 is 0 Å². The number of amides is 3. The van der Waals surface area contributed by atoms with Crippen LogP contribution in [0.25, 0.3) is 0 Å². The Kier molecular flexibility index (Phi) is 5.30. The Labute approximate surface area is 130 Å². The monoisotopic (exact) mass is 305 g/mol. The molecule has 7 heteroatoms. The fraction of sp³-hybridized carbons (Fsp3) is 0.600. The van der Waals surface area contributed by atoms with E-state index in [1.807, 2.05) is 0 Å². The van der Waals surface area contributed by atoms with E-state index in [1.54, 1.807) is 35.0 Å². The molecule has 1 saturated heterocycles. The Morgan fingerprint density at radius 1 is 1.18 bits per heavy atom. The summed E-state index contributed by atoms with van der Waals surface area (Å²) in [5.41, 5.74) is 1.38. The van der Waals surface area contributed by atoms with Gasteiger partial charge in [-0.25, -0.2) is 14.8 Å². The van der Waals surface area contributed by atoms with E-state index in [4.69, 9.17) is 0 Å². The maximum Gasteiger partial charge on any atom is 0.319 e. The molecule has 0 radical (unpaired) electrons. The van der Waals surface area contributed by atoms with Crippen LogP contribution in [0.2, 0.25) is 0 Å². The average Bonchev–Trinajstić information content (AvgIpc) is 2.54. The summed E-state index contributed by atoms with van der Waals surface area (Å²) in [6, 6.07) is -0.0122. The third-order valence-electron chi connectivity index (χ3n) is 3.73. The van der Waals surface area contributed by atoms with Gasteiger partial charge in [-0.2, -0.15) is 0 Å². The largest absolute Gasteiger partial charge is 0.335 e. The second kappa shape index (κ2) is 7.20. The molecule has 1 aliphatic rings. The smallest absolute Gasteiger partial charge is 0.319 e. The summed E-state index contributed by atoms with van der Waals surface area (Å²) >= 11 is 0. The summed E-state index contributed by atoms with van der Waals surface area (Å²) in [6.07, 6.45) is 4.78. The van der Waals surface area contributed by atoms with Crippen LogP contribution in [0.4, 0.5) is 4.79 Å². The van der Waals surface area contributed by atoms with Crippen molar-refractivity contribution in [2.45, 2.75) is 19.8 Å². The number of hydrogen-bond donors (Lipinski definition) is 0. The minimum absolute atomic E-state index is 0.0122. The summed E-state index contributed by atoms with van der Waals surface area (Å²) in [4.78, 5) is 37.8. The first-order valence-electron chi connectivity index (χ1n) is 7.59. The van der Waals surface area contributed by atoms with E-state index in [0.717, 1.165) is 18.5 Å². The van der Waals surface area contributed by atoms with E-state index in [-0.39, 0.29) is 11.9 Å². The van der Waals surface area contributed by atoms with Crippen molar-refractivity contribution in [2.24, 2.45) is 0 Å². The predicted molar refractivity (Wildman–Crippen MR) is 82.6 cm³/mol. The van der Waals surface area contributed by atoms with Crippen molar-refractivity contribution < 1.29 is 9.59 Å². The molecule has 3 amide bonds. The molecule has 1 aliphatic heterocycles. The zero-order valence-electron chi connectivity index (χ0n) is 13.4. The molecule has 7 nitrogen and oxygen atoms in total. The van der Waals surface area contributed by atoms with Crippen LogP contribution >= 0.6 is 0 Å². The lowest BCUT2D eigenvalue weighted by atomic mass is 10.1. The summed E-state index contributed by atoms with van der Waals surface area (Å²) in [5.74, 6) is -0.0407. The third-order valence-corrected chi connectivity index (χ3v) is 3.73. The first-order chi connectivity index (χ1) is 10.5. The average molecular weight is 305 g/mol. The van der Waals surface area contributed by atoms with E-state index in [0.29, 0.717) is 31.7 Å². The number of nitrogens with zero attached hydrogens (tertiary/aromatic N) is 5. The van der Waals surface area contributed by atoms with E-state index in [2.05, 4.69) is 16.9 Å². The minimum atomic E-state index is -0.0407. The third kappa shape index (κ3) is 3.52. The molecule has 1 aromatic rings. The molecule has 2 heterocycles. The van der Waals surface area contributed by atoms with Crippen LogP contribution in [0.3, 0.4) is 0 Å². The second-order valence-corrected chi connectivity index (χ2v) is 5.59. The maximum atomic E-state index is 12.6. The van der Waals surface area contributed by atoms with Gasteiger partial charge in [-0.05, 0) is 6.42 Å². The van der Waals surface area contributed by atoms with Crippen molar-refractivity contribution in [3.8, 4) is 0 Å². The molecule has 0 N–H and O–H groups in total. The fourth-order valence-electron chi connectivity index (χ4n) is 2.52. The van der Waals surface area contributed by atoms with Gasteiger partial charge in [0.25, 0.3) is 5.91 Å². The molecule has 1 fully saturated rings. The predicted octanol–water partition coefficient (Wildman–Crippen LogP) is 0.869. The highest BCUT2D eigenvalue weighted by Gasteiger charge is 2.26. The van der Waals surface area contributed by atoms with Crippen LogP contribution in [0, 0.1) is 0 Å². The summed E-state index contributed by atoms with van der Waals surface area (Å²) in [6.45, 7) is 4.25. The zero-order valence-corrected chi connectivity index (χ0v) is 13.4. The summed E-state index contributed by atoms with van der Waals surface area (Å²) in [5, 5.41) is 0. The Hall–Kier alpha value is -2.18. The van der Waals surface area contributed by atoms with E-state index < -0.39 is 0 Å². The molecule has 0 atom stereocenters. The first-order valence-corrected chi connectivity index (χ1v) is 7.59. The Bertz CT molecular complexity index is 538. The molecule has 0 aliphatic carbocycles. The molecule has 1 aromatic heterocycles. The van der Waals surface area contributed by atoms with Crippen LogP contribution in [0.15, 0.2) is 12.5 Å². The van der Waals surface area contributed by atoms with Gasteiger partial charge in [0, 0.05) is 46.5 Å². The number of aryl methyl sites for hydroxylation is 1. The molecular formula is C15H23N5O2. The Balaban J connectivity index is 2.02. The number of hydrogen-bond acceptors (Lipinski definition) is 4. The molecule has 0 spiro atoms. The van der Waals surface area contributed by atoms with Crippen LogP contribution < -0.4 is 0 Å². The van der Waals surface area contributed by atoms with Crippen LogP contribution in [0.5, 0.6) is 0 Å². The number of aromatic nitrogens is 2. The van der Waals surface area contributed by atoms with Gasteiger partial charge in [0.2, 0.25) is 0 Å². The van der Waals surface area contributed by atoms with Crippen LogP contribution in [-0.2, 0) is 6.42 Å². The van der Waals surface area contributed by atoms with Gasteiger partial charge in [0.1, 0.15) is 6.33 Å². The molecular weight excluding hydrogens is 282 g/mol. The summed E-state index contributed by atoms with van der Waals surface area (Å²) in [7, 11) is 3.47. The van der Waals surface area contributed by atoms with Gasteiger partial charge in [0.15, 0.2) is 0 Å². The van der Waals surface area contributed by atoms with Crippen molar-refractivity contribution in [3.63, 3.8) is 0 Å². The number of carbonyl (C=O) groups excluding carboxylic acids is 2. The van der Waals surface area contributed by atoms with Gasteiger partial charge in [-0.3, -0.25) is 4.79 Å². The van der Waals surface area contributed by atoms with E-state index in [9.17, 15) is 9.59 Å². The Morgan fingerprint density at radius 3 is 2.41 bits per heavy atom. The number of urea groups is 1. The fourth-order valence-corrected chi connectivity index (χ4v) is 2.52. The van der Waals surface area contributed by atoms with E-state index in [1.165, 1.54) is 6.33 Å². The van der Waals surface area contributed by atoms with Gasteiger partial charge >= 0.3 is 6.03 Å². The maximum absolute atomic E-state index is 12.6. The molecule has 0 unspecified atom stereocenters. The van der Waals surface area contributed by atoms with Gasteiger partial charge in [0.05, 0.1) is 11.3 Å². The van der Waals surface area contributed by atoms with Crippen LogP contribution in [-0.4, -0.2) is 76.9 Å². The lowest BCUT2D eigenvalue weighted by Gasteiger charge is -2.36. The summed E-state index contributed by atoms with van der Waals surface area (Å²) < 4.78 is 0. The highest BCUT2D eigenvalue weighted by atomic mass is 16.2. The zero-order chi connectivity index (χ0) is 16.1. The number of piperazine rings is 1. The highest BCUT2D eigenvalue weighted by molar-refractivity contribution is 5.95. The second-order valence-electron chi connectivity index (χ2n) is 5.59. The lowest BCUT2D eigenvalue weighted by molar-refractivity contribution is 0.0648. The SMILES string of the molecule is CCCc1ncncc1C(=O)N1CCN(C(=O)N(C)C)CC1. The van der Waals surface area contributed by atoms with Crippen molar-refractivity contribution in [1.82, 2.24) is 24.7 Å². The van der Waals surface area contributed by atoms with Crippen LogP contribution in [0.1, 0.15) is 29.4 Å². The van der Waals surface area contributed by atoms with Crippen molar-refractivity contribution >= 4 is 11.9 Å². The highest BCUT2D eigenvalue weighted by Crippen LogP contribution is 2.13. The van der Waals surface area contributed by atoms with Crippen molar-refractivity contribution in [1.29, 1.82) is 0 Å². The molecule has 0 saturated carbocycles. The minimum Gasteiger partial charge on any atom is -0.335 e. The quantitative estimate of drug-likeness (QED) is 0.831. The van der Waals surface area contributed by atoms with Gasteiger partial charge in [-0.15, -0.1) is 0 Å². The lowest BCUT2D eigenvalue weighted by Crippen LogP contribution is -2.53. The number of carbonyl (C=O) groups is 2. The topological polar surface area (TPSA) is 69.6 Å². The van der Waals surface area contributed by atoms with Crippen molar-refractivity contribution in [3.05, 3.63) is 23.8 Å². The standard InChI is InChI=1S/C15H23N5O2/c1-4-5-13-12(10-16-11-17-13)14(21)19-6-8-20(9-7-19)15(22)18(2)3/h10-11H,4-9H2,1-3H3. The Morgan fingerprint density at radius 2 is 1.82 bits per heavy atom. The van der Waals surface area contributed by atoms with Gasteiger partial charge < -0.3 is 14.7 Å². The molecule has 120 valence electrons. The van der Waals surface area contributed by atoms with Gasteiger partial charge in [-0.1, -0.05) is 13.3 Å². The molecule has 2 rings (SSSR count). The molecule has 22 heavy (non-hydrogen) atoms. The first kappa shape index (κ1) is 16.2. The van der Waals surface area contributed by atoms with Crippen molar-refractivity contribution in [2.75, 3.05) is 40.3 Å². The normalized spacial score (nSPS) is 14.9. The molecule has 0 bridgehead atoms.